The monoisotopic (exact) mass is 478 g/mol. The van der Waals surface area contributed by atoms with Crippen molar-refractivity contribution >= 4 is 45.6 Å². The molecule has 0 saturated carbocycles. The fourth-order valence-electron chi connectivity index (χ4n) is 3.62. The van der Waals surface area contributed by atoms with E-state index < -0.39 is 10.8 Å². The maximum atomic E-state index is 12.7. The average molecular weight is 479 g/mol. The van der Waals surface area contributed by atoms with Crippen LogP contribution in [0.5, 0.6) is 0 Å². The lowest BCUT2D eigenvalue weighted by Crippen LogP contribution is -2.13. The highest BCUT2D eigenvalue weighted by atomic mass is 35.5. The Labute approximate surface area is 197 Å². The number of non-ortho nitro benzene ring substituents is 1. The zero-order valence-electron chi connectivity index (χ0n) is 17.1. The maximum Gasteiger partial charge on any atom is 0.270 e. The number of hydrogen-bond donors (Lipinski definition) is 1. The van der Waals surface area contributed by atoms with Gasteiger partial charge in [-0.05, 0) is 49.4 Å². The maximum absolute atomic E-state index is 12.7. The van der Waals surface area contributed by atoms with E-state index in [4.69, 9.17) is 16.0 Å². The van der Waals surface area contributed by atoms with Crippen molar-refractivity contribution in [2.24, 2.45) is 0 Å². The van der Waals surface area contributed by atoms with E-state index in [0.29, 0.717) is 16.1 Å². The predicted molar refractivity (Wildman–Crippen MR) is 124 cm³/mol. The van der Waals surface area contributed by atoms with E-state index in [1.807, 2.05) is 6.07 Å². The fourth-order valence-corrected chi connectivity index (χ4v) is 5.07. The molecular weight excluding hydrogens is 464 g/mol. The molecule has 0 atom stereocenters. The van der Waals surface area contributed by atoms with Crippen LogP contribution in [0.2, 0.25) is 5.02 Å². The van der Waals surface area contributed by atoms with Gasteiger partial charge in [0.15, 0.2) is 0 Å². The molecule has 0 aliphatic heterocycles. The summed E-state index contributed by atoms with van der Waals surface area (Å²) in [5.74, 6) is -0.200. The van der Waals surface area contributed by atoms with Gasteiger partial charge in [0.25, 0.3) is 11.6 Å². The van der Waals surface area contributed by atoms with Crippen LogP contribution in [-0.2, 0) is 17.6 Å². The smallest absolute Gasteiger partial charge is 0.270 e. The largest absolute Gasteiger partial charge is 0.457 e. The minimum absolute atomic E-state index is 0.146. The minimum Gasteiger partial charge on any atom is -0.457 e. The number of nitrogens with one attached hydrogen (secondary N) is 1. The number of carbonyl (C=O) groups excluding carboxylic acids is 1. The van der Waals surface area contributed by atoms with Crippen molar-refractivity contribution < 1.29 is 14.1 Å². The van der Waals surface area contributed by atoms with Crippen molar-refractivity contribution in [1.82, 2.24) is 0 Å². The minimum atomic E-state index is -0.654. The number of benzene rings is 1. The van der Waals surface area contributed by atoms with Gasteiger partial charge in [0.2, 0.25) is 0 Å². The number of halogens is 1. The van der Waals surface area contributed by atoms with Gasteiger partial charge in [-0.1, -0.05) is 11.6 Å². The lowest BCUT2D eigenvalue weighted by molar-refractivity contribution is -0.384. The van der Waals surface area contributed by atoms with Crippen LogP contribution in [0.15, 0.2) is 40.3 Å². The van der Waals surface area contributed by atoms with E-state index >= 15 is 0 Å². The first-order valence-corrected chi connectivity index (χ1v) is 11.1. The Morgan fingerprint density at radius 1 is 1.24 bits per heavy atom. The van der Waals surface area contributed by atoms with E-state index in [0.717, 1.165) is 36.1 Å². The third-order valence-corrected chi connectivity index (χ3v) is 6.75. The number of hydrogen-bond acceptors (Lipinski definition) is 7. The Morgan fingerprint density at radius 2 is 2.03 bits per heavy atom. The van der Waals surface area contributed by atoms with Gasteiger partial charge < -0.3 is 9.73 Å². The molecule has 4 rings (SSSR count). The molecule has 0 saturated heterocycles. The molecule has 0 radical (unpaired) electrons. The number of rotatable bonds is 5. The third-order valence-electron chi connectivity index (χ3n) is 5.21. The lowest BCUT2D eigenvalue weighted by Gasteiger charge is -2.09. The fraction of sp³-hybridized carbons (Fsp3) is 0.174. The Hall–Kier alpha value is -3.92. The molecule has 0 bridgehead atoms. The number of anilines is 1. The molecule has 164 valence electrons. The number of furan rings is 1. The quantitative estimate of drug-likeness (QED) is 0.211. The van der Waals surface area contributed by atoms with Crippen LogP contribution in [0.25, 0.3) is 17.4 Å². The summed E-state index contributed by atoms with van der Waals surface area (Å²) in [5, 5.41) is 33.5. The molecular formula is C23H15ClN4O4S. The number of carbonyl (C=O) groups is 1. The van der Waals surface area contributed by atoms with Crippen LogP contribution < -0.4 is 5.32 Å². The van der Waals surface area contributed by atoms with Crippen LogP contribution in [0.1, 0.15) is 34.6 Å². The first-order valence-electron chi connectivity index (χ1n) is 9.93. The molecule has 1 aromatic carbocycles. The second kappa shape index (κ2) is 9.29. The van der Waals surface area contributed by atoms with Gasteiger partial charge >= 0.3 is 0 Å². The molecule has 1 aliphatic rings. The van der Waals surface area contributed by atoms with Gasteiger partial charge in [0.1, 0.15) is 34.2 Å². The van der Waals surface area contributed by atoms with Crippen LogP contribution in [0.3, 0.4) is 0 Å². The van der Waals surface area contributed by atoms with Gasteiger partial charge in [0, 0.05) is 28.6 Å². The predicted octanol–water partition coefficient (Wildman–Crippen LogP) is 5.87. The molecule has 1 amide bonds. The number of nitro groups is 1. The molecule has 3 aromatic rings. The van der Waals surface area contributed by atoms with Crippen molar-refractivity contribution in [1.29, 1.82) is 10.5 Å². The Bertz CT molecular complexity index is 1390. The second-order valence-corrected chi connectivity index (χ2v) is 8.79. The Balaban J connectivity index is 1.59. The van der Waals surface area contributed by atoms with E-state index in [-0.39, 0.29) is 27.8 Å². The number of aryl methyl sites for hydroxylation is 1. The third kappa shape index (κ3) is 4.51. The van der Waals surface area contributed by atoms with Gasteiger partial charge in [-0.3, -0.25) is 14.9 Å². The number of nitrogens with zero attached hydrogens (tertiary/aromatic N) is 3. The summed E-state index contributed by atoms with van der Waals surface area (Å²) < 4.78 is 5.66. The van der Waals surface area contributed by atoms with Crippen LogP contribution >= 0.6 is 22.9 Å². The van der Waals surface area contributed by atoms with E-state index in [2.05, 4.69) is 11.4 Å². The molecule has 1 aliphatic carbocycles. The summed E-state index contributed by atoms with van der Waals surface area (Å²) in [6.07, 6.45) is 5.00. The number of fused-ring (bicyclic) bond motifs is 1. The van der Waals surface area contributed by atoms with Crippen LogP contribution in [0.4, 0.5) is 10.7 Å². The standard InChI is InChI=1S/C23H15ClN4O4S/c24-19-7-5-14(28(30)31)10-17(19)20-8-6-15(32-20)9-13(11-25)22(29)27-23-18(12-26)16-3-1-2-4-21(16)33-23/h5-10H,1-4H2,(H,27,29)/b13-9+. The van der Waals surface area contributed by atoms with Crippen LogP contribution in [-0.4, -0.2) is 10.8 Å². The Morgan fingerprint density at radius 3 is 2.76 bits per heavy atom. The normalized spacial score (nSPS) is 13.0. The molecule has 2 heterocycles. The summed E-state index contributed by atoms with van der Waals surface area (Å²) >= 11 is 7.52. The highest BCUT2D eigenvalue weighted by molar-refractivity contribution is 7.16. The molecule has 33 heavy (non-hydrogen) atoms. The summed E-state index contributed by atoms with van der Waals surface area (Å²) in [4.78, 5) is 24.3. The summed E-state index contributed by atoms with van der Waals surface area (Å²) in [5.41, 5.74) is 1.40. The molecule has 0 unspecified atom stereocenters. The van der Waals surface area contributed by atoms with Gasteiger partial charge in [-0.25, -0.2) is 0 Å². The lowest BCUT2D eigenvalue weighted by atomic mass is 9.96. The average Bonchev–Trinajstić information content (AvgIpc) is 3.41. The highest BCUT2D eigenvalue weighted by Gasteiger charge is 2.23. The Kier molecular flexibility index (Phi) is 6.27. The van der Waals surface area contributed by atoms with Crippen molar-refractivity contribution in [3.05, 3.63) is 72.8 Å². The van der Waals surface area contributed by atoms with Crippen molar-refractivity contribution in [2.45, 2.75) is 25.7 Å². The van der Waals surface area contributed by atoms with Crippen LogP contribution in [0, 0.1) is 32.8 Å². The van der Waals surface area contributed by atoms with Crippen molar-refractivity contribution in [2.75, 3.05) is 5.32 Å². The molecule has 1 N–H and O–H groups in total. The first kappa shape index (κ1) is 22.3. The number of amides is 1. The molecule has 0 fully saturated rings. The SMILES string of the molecule is N#C/C(=C\c1ccc(-c2cc([N+](=O)[O-])ccc2Cl)o1)C(=O)Nc1sc2c(c1C#N)CCCC2. The van der Waals surface area contributed by atoms with E-state index in [1.165, 1.54) is 41.7 Å². The first-order chi connectivity index (χ1) is 15.9. The van der Waals surface area contributed by atoms with E-state index in [1.54, 1.807) is 6.07 Å². The van der Waals surface area contributed by atoms with E-state index in [9.17, 15) is 25.4 Å². The second-order valence-electron chi connectivity index (χ2n) is 7.27. The van der Waals surface area contributed by atoms with Gasteiger partial charge in [-0.2, -0.15) is 10.5 Å². The topological polar surface area (TPSA) is 133 Å². The zero-order chi connectivity index (χ0) is 23.5. The zero-order valence-corrected chi connectivity index (χ0v) is 18.6. The number of nitriles is 2. The molecule has 0 spiro atoms. The summed E-state index contributed by atoms with van der Waals surface area (Å²) in [6.45, 7) is 0. The highest BCUT2D eigenvalue weighted by Crippen LogP contribution is 2.38. The summed E-state index contributed by atoms with van der Waals surface area (Å²) in [7, 11) is 0. The molecule has 10 heteroatoms. The number of nitro benzene ring substituents is 1. The number of thiophene rings is 1. The van der Waals surface area contributed by atoms with Crippen molar-refractivity contribution in [3.63, 3.8) is 0 Å². The van der Waals surface area contributed by atoms with Gasteiger partial charge in [-0.15, -0.1) is 11.3 Å². The summed E-state index contributed by atoms with van der Waals surface area (Å²) in [6, 6.07) is 11.1. The molecule has 8 nitrogen and oxygen atoms in total. The van der Waals surface area contributed by atoms with Crippen molar-refractivity contribution in [3.8, 4) is 23.5 Å². The van der Waals surface area contributed by atoms with Gasteiger partial charge in [0.05, 0.1) is 15.5 Å². The molecule has 2 aromatic heterocycles.